The number of alkyl halides is 3. The molecule has 0 radical (unpaired) electrons. The fraction of sp³-hybridized carbons (Fsp3) is 0.667. The van der Waals surface area contributed by atoms with E-state index in [4.69, 9.17) is 0 Å². The lowest BCUT2D eigenvalue weighted by molar-refractivity contribution is -0.137. The Hall–Kier alpha value is -1.46. The third-order valence-electron chi connectivity index (χ3n) is 3.29. The van der Waals surface area contributed by atoms with Gasteiger partial charge in [-0.3, -0.25) is 0 Å². The van der Waals surface area contributed by atoms with Crippen LogP contribution in [-0.2, 0) is 6.18 Å². The summed E-state index contributed by atoms with van der Waals surface area (Å²) in [6.07, 6.45) is -2.72. The maximum Gasteiger partial charge on any atom is 0.416 e. The van der Waals surface area contributed by atoms with Crippen LogP contribution in [0.25, 0.3) is 0 Å². The van der Waals surface area contributed by atoms with Gasteiger partial charge in [-0.15, -0.1) is 0 Å². The minimum atomic E-state index is -4.37. The summed E-state index contributed by atoms with van der Waals surface area (Å²) in [6, 6.07) is 2.22. The second-order valence-electron chi connectivity index (χ2n) is 5.45. The first-order valence-corrected chi connectivity index (χ1v) is 7.37. The molecule has 0 aliphatic carbocycles. The molecule has 1 unspecified atom stereocenters. The summed E-state index contributed by atoms with van der Waals surface area (Å²) in [6.45, 7) is 8.61. The lowest BCUT2D eigenvalue weighted by Crippen LogP contribution is -2.25. The Bertz CT molecular complexity index is 444. The quantitative estimate of drug-likeness (QED) is 0.762. The second kappa shape index (κ2) is 7.52. The summed E-state index contributed by atoms with van der Waals surface area (Å²) < 4.78 is 38.9. The molecule has 2 N–H and O–H groups in total. The highest BCUT2D eigenvalue weighted by Crippen LogP contribution is 2.32. The van der Waals surface area contributed by atoms with E-state index in [-0.39, 0.29) is 17.7 Å². The molecule has 0 spiro atoms. The van der Waals surface area contributed by atoms with E-state index < -0.39 is 11.7 Å². The average molecular weight is 303 g/mol. The molecule has 0 aromatic carbocycles. The largest absolute Gasteiger partial charge is 0.416 e. The lowest BCUT2D eigenvalue weighted by Gasteiger charge is -2.22. The van der Waals surface area contributed by atoms with Gasteiger partial charge in [0.25, 0.3) is 0 Å². The molecule has 6 heteroatoms. The third-order valence-corrected chi connectivity index (χ3v) is 3.29. The molecule has 3 nitrogen and oxygen atoms in total. The third kappa shape index (κ3) is 5.44. The Labute approximate surface area is 124 Å². The van der Waals surface area contributed by atoms with Crippen LogP contribution in [0.15, 0.2) is 12.1 Å². The van der Waals surface area contributed by atoms with Gasteiger partial charge in [-0.05, 0) is 30.9 Å². The van der Waals surface area contributed by atoms with Gasteiger partial charge in [-0.1, -0.05) is 27.7 Å². The highest BCUT2D eigenvalue weighted by Gasteiger charge is 2.32. The van der Waals surface area contributed by atoms with Crippen LogP contribution in [0.1, 0.15) is 46.1 Å². The maximum absolute atomic E-state index is 13.0. The van der Waals surface area contributed by atoms with E-state index >= 15 is 0 Å². The van der Waals surface area contributed by atoms with E-state index in [1.165, 1.54) is 0 Å². The summed E-state index contributed by atoms with van der Waals surface area (Å²) >= 11 is 0. The topological polar surface area (TPSA) is 37.0 Å². The van der Waals surface area contributed by atoms with Gasteiger partial charge in [0.15, 0.2) is 0 Å². The van der Waals surface area contributed by atoms with Crippen LogP contribution in [-0.4, -0.2) is 17.6 Å². The standard InChI is InChI=1S/C15H24F3N3/c1-5-7-19-13-8-11(15(16,17)18)9-14(21-13)20-12(6-2)10(3)4/h8-10,12H,5-7H2,1-4H3,(H2,19,20,21). The predicted molar refractivity (Wildman–Crippen MR) is 80.6 cm³/mol. The van der Waals surface area contributed by atoms with E-state index in [0.717, 1.165) is 25.0 Å². The Morgan fingerprint density at radius 2 is 1.76 bits per heavy atom. The summed E-state index contributed by atoms with van der Waals surface area (Å²) in [7, 11) is 0. The minimum absolute atomic E-state index is 0.0972. The number of anilines is 2. The van der Waals surface area contributed by atoms with Crippen molar-refractivity contribution in [3.05, 3.63) is 17.7 Å². The molecule has 0 bridgehead atoms. The van der Waals surface area contributed by atoms with E-state index in [2.05, 4.69) is 15.6 Å². The first-order chi connectivity index (χ1) is 9.77. The molecule has 0 aliphatic rings. The van der Waals surface area contributed by atoms with Crippen LogP contribution in [0.5, 0.6) is 0 Å². The van der Waals surface area contributed by atoms with E-state index in [0.29, 0.717) is 12.5 Å². The van der Waals surface area contributed by atoms with Crippen LogP contribution >= 0.6 is 0 Å². The van der Waals surface area contributed by atoms with Crippen LogP contribution in [0.2, 0.25) is 0 Å². The Balaban J connectivity index is 3.06. The van der Waals surface area contributed by atoms with Crippen molar-refractivity contribution < 1.29 is 13.2 Å². The zero-order valence-electron chi connectivity index (χ0n) is 13.0. The van der Waals surface area contributed by atoms with Gasteiger partial charge in [0.1, 0.15) is 11.6 Å². The summed E-state index contributed by atoms with van der Waals surface area (Å²) in [5.74, 6) is 0.843. The van der Waals surface area contributed by atoms with Gasteiger partial charge in [-0.25, -0.2) is 4.98 Å². The number of hydrogen-bond acceptors (Lipinski definition) is 3. The first kappa shape index (κ1) is 17.6. The lowest BCUT2D eigenvalue weighted by atomic mass is 10.0. The number of rotatable bonds is 7. The predicted octanol–water partition coefficient (Wildman–Crippen LogP) is 4.77. The van der Waals surface area contributed by atoms with Gasteiger partial charge in [-0.2, -0.15) is 13.2 Å². The maximum atomic E-state index is 13.0. The first-order valence-electron chi connectivity index (χ1n) is 7.37. The number of nitrogens with zero attached hydrogens (tertiary/aromatic N) is 1. The van der Waals surface area contributed by atoms with Crippen molar-refractivity contribution in [1.29, 1.82) is 0 Å². The van der Waals surface area contributed by atoms with Crippen LogP contribution < -0.4 is 10.6 Å². The molecule has 0 saturated heterocycles. The molecule has 1 aromatic rings. The molecule has 1 atom stereocenters. The SMILES string of the molecule is CCCNc1cc(C(F)(F)F)cc(NC(CC)C(C)C)n1. The molecule has 21 heavy (non-hydrogen) atoms. The van der Waals surface area contributed by atoms with Gasteiger partial charge < -0.3 is 10.6 Å². The van der Waals surface area contributed by atoms with E-state index in [9.17, 15) is 13.2 Å². The molecular formula is C15H24F3N3. The van der Waals surface area contributed by atoms with Crippen molar-refractivity contribution in [2.75, 3.05) is 17.2 Å². The molecular weight excluding hydrogens is 279 g/mol. The highest BCUT2D eigenvalue weighted by atomic mass is 19.4. The molecule has 0 amide bonds. The molecule has 1 heterocycles. The second-order valence-corrected chi connectivity index (χ2v) is 5.45. The molecule has 0 aliphatic heterocycles. The minimum Gasteiger partial charge on any atom is -0.370 e. The van der Waals surface area contributed by atoms with Crippen molar-refractivity contribution in [2.45, 2.75) is 52.8 Å². The monoisotopic (exact) mass is 303 g/mol. The number of pyridine rings is 1. The van der Waals surface area contributed by atoms with Crippen LogP contribution in [0.4, 0.5) is 24.8 Å². The van der Waals surface area contributed by atoms with Crippen molar-refractivity contribution >= 4 is 11.6 Å². The number of aromatic nitrogens is 1. The fourth-order valence-electron chi connectivity index (χ4n) is 2.04. The molecule has 1 aromatic heterocycles. The van der Waals surface area contributed by atoms with Gasteiger partial charge in [0.2, 0.25) is 0 Å². The Kier molecular flexibility index (Phi) is 6.30. The van der Waals surface area contributed by atoms with Gasteiger partial charge in [0.05, 0.1) is 5.56 Å². The van der Waals surface area contributed by atoms with Gasteiger partial charge in [0, 0.05) is 12.6 Å². The fourth-order valence-corrected chi connectivity index (χ4v) is 2.04. The van der Waals surface area contributed by atoms with Crippen molar-refractivity contribution in [2.24, 2.45) is 5.92 Å². The highest BCUT2D eigenvalue weighted by molar-refractivity contribution is 5.50. The molecule has 0 saturated carbocycles. The number of hydrogen-bond donors (Lipinski definition) is 2. The summed E-state index contributed by atoms with van der Waals surface area (Å²) in [4.78, 5) is 4.23. The average Bonchev–Trinajstić information content (AvgIpc) is 2.41. The van der Waals surface area contributed by atoms with Crippen LogP contribution in [0.3, 0.4) is 0 Å². The van der Waals surface area contributed by atoms with Gasteiger partial charge >= 0.3 is 6.18 Å². The van der Waals surface area contributed by atoms with E-state index in [1.807, 2.05) is 27.7 Å². The molecule has 0 fully saturated rings. The molecule has 1 rings (SSSR count). The van der Waals surface area contributed by atoms with Crippen molar-refractivity contribution in [3.63, 3.8) is 0 Å². The number of nitrogens with one attached hydrogen (secondary N) is 2. The van der Waals surface area contributed by atoms with Crippen molar-refractivity contribution in [3.8, 4) is 0 Å². The zero-order chi connectivity index (χ0) is 16.0. The van der Waals surface area contributed by atoms with Crippen molar-refractivity contribution in [1.82, 2.24) is 4.98 Å². The molecule has 120 valence electrons. The van der Waals surface area contributed by atoms with Crippen LogP contribution in [0, 0.1) is 5.92 Å². The van der Waals surface area contributed by atoms with E-state index in [1.54, 1.807) is 0 Å². The summed E-state index contributed by atoms with van der Waals surface area (Å²) in [5.41, 5.74) is -0.683. The smallest absolute Gasteiger partial charge is 0.370 e. The normalized spacial score (nSPS) is 13.3. The zero-order valence-corrected chi connectivity index (χ0v) is 13.0. The Morgan fingerprint density at radius 3 is 2.24 bits per heavy atom. The Morgan fingerprint density at radius 1 is 1.14 bits per heavy atom. The number of halogens is 3. The summed E-state index contributed by atoms with van der Waals surface area (Å²) in [5, 5.41) is 6.02.